The van der Waals surface area contributed by atoms with Gasteiger partial charge in [-0.3, -0.25) is 11.3 Å². The molecule has 19 heavy (non-hydrogen) atoms. The second-order valence-corrected chi connectivity index (χ2v) is 5.21. The first-order valence-corrected chi connectivity index (χ1v) is 6.33. The Labute approximate surface area is 113 Å². The fraction of sp³-hybridized carbons (Fsp3) is 0.250. The molecule has 2 aromatic carbocycles. The van der Waals surface area contributed by atoms with Gasteiger partial charge in [0.2, 0.25) is 0 Å². The van der Waals surface area contributed by atoms with Gasteiger partial charge >= 0.3 is 0 Å². The van der Waals surface area contributed by atoms with Crippen LogP contribution in [0.3, 0.4) is 0 Å². The maximum Gasteiger partial charge on any atom is 0.128 e. The van der Waals surface area contributed by atoms with Crippen molar-refractivity contribution >= 4 is 0 Å². The van der Waals surface area contributed by atoms with Crippen LogP contribution in [0.5, 0.6) is 0 Å². The van der Waals surface area contributed by atoms with E-state index in [1.165, 1.54) is 6.07 Å². The molecule has 0 bridgehead atoms. The highest BCUT2D eigenvalue weighted by molar-refractivity contribution is 5.32. The summed E-state index contributed by atoms with van der Waals surface area (Å²) in [7, 11) is 0. The van der Waals surface area contributed by atoms with E-state index in [0.29, 0.717) is 5.56 Å². The van der Waals surface area contributed by atoms with E-state index < -0.39 is 0 Å². The van der Waals surface area contributed by atoms with Crippen molar-refractivity contribution in [3.8, 4) is 0 Å². The van der Waals surface area contributed by atoms with Crippen LogP contribution in [-0.4, -0.2) is 0 Å². The minimum Gasteiger partial charge on any atom is -0.271 e. The summed E-state index contributed by atoms with van der Waals surface area (Å²) in [4.78, 5) is 0. The van der Waals surface area contributed by atoms with Gasteiger partial charge in [-0.1, -0.05) is 62.4 Å². The van der Waals surface area contributed by atoms with Crippen LogP contribution in [0.1, 0.15) is 31.0 Å². The zero-order valence-corrected chi connectivity index (χ0v) is 11.2. The lowest BCUT2D eigenvalue weighted by molar-refractivity contribution is 0.342. The van der Waals surface area contributed by atoms with Crippen LogP contribution in [0, 0.1) is 5.82 Å². The van der Waals surface area contributed by atoms with Crippen molar-refractivity contribution in [2.24, 2.45) is 5.84 Å². The molecule has 2 rings (SSSR count). The highest BCUT2D eigenvalue weighted by atomic mass is 19.1. The number of hydrogen-bond acceptors (Lipinski definition) is 2. The number of benzene rings is 2. The van der Waals surface area contributed by atoms with E-state index in [1.807, 2.05) is 36.4 Å². The van der Waals surface area contributed by atoms with Crippen molar-refractivity contribution in [3.05, 3.63) is 71.5 Å². The van der Waals surface area contributed by atoms with Crippen LogP contribution in [0.15, 0.2) is 54.6 Å². The fourth-order valence-electron chi connectivity index (χ4n) is 2.43. The van der Waals surface area contributed by atoms with Crippen LogP contribution in [0.25, 0.3) is 0 Å². The molecule has 0 aliphatic carbocycles. The van der Waals surface area contributed by atoms with E-state index in [1.54, 1.807) is 12.1 Å². The molecular weight excluding hydrogens is 239 g/mol. The van der Waals surface area contributed by atoms with E-state index in [-0.39, 0.29) is 17.3 Å². The van der Waals surface area contributed by atoms with Crippen molar-refractivity contribution in [2.75, 3.05) is 0 Å². The van der Waals surface area contributed by atoms with Crippen LogP contribution in [0.4, 0.5) is 4.39 Å². The summed E-state index contributed by atoms with van der Waals surface area (Å²) in [5.41, 5.74) is 4.13. The molecule has 3 N–H and O–H groups in total. The quantitative estimate of drug-likeness (QED) is 0.652. The molecule has 0 fully saturated rings. The number of hydrogen-bond donors (Lipinski definition) is 2. The van der Waals surface area contributed by atoms with Gasteiger partial charge in [-0.2, -0.15) is 0 Å². The second-order valence-electron chi connectivity index (χ2n) is 5.21. The van der Waals surface area contributed by atoms with E-state index in [4.69, 9.17) is 5.84 Å². The number of halogens is 1. The predicted octanol–water partition coefficient (Wildman–Crippen LogP) is 3.31. The normalized spacial score (nSPS) is 13.3. The first-order chi connectivity index (χ1) is 9.07. The molecular formula is C16H19FN2. The molecule has 3 heteroatoms. The topological polar surface area (TPSA) is 38.0 Å². The highest BCUT2D eigenvalue weighted by Crippen LogP contribution is 2.37. The molecule has 1 unspecified atom stereocenters. The lowest BCUT2D eigenvalue weighted by Crippen LogP contribution is -2.41. The predicted molar refractivity (Wildman–Crippen MR) is 75.9 cm³/mol. The summed E-state index contributed by atoms with van der Waals surface area (Å²) >= 11 is 0. The molecule has 0 aromatic heterocycles. The minimum atomic E-state index is -0.321. The summed E-state index contributed by atoms with van der Waals surface area (Å²) < 4.78 is 14.0. The van der Waals surface area contributed by atoms with E-state index >= 15 is 0 Å². The first-order valence-electron chi connectivity index (χ1n) is 6.33. The molecule has 0 amide bonds. The Morgan fingerprint density at radius 2 is 1.58 bits per heavy atom. The average Bonchev–Trinajstić information content (AvgIpc) is 2.42. The molecule has 0 radical (unpaired) electrons. The van der Waals surface area contributed by atoms with Crippen LogP contribution in [0.2, 0.25) is 0 Å². The van der Waals surface area contributed by atoms with Crippen molar-refractivity contribution in [1.82, 2.24) is 5.43 Å². The van der Waals surface area contributed by atoms with Crippen molar-refractivity contribution in [2.45, 2.75) is 25.3 Å². The van der Waals surface area contributed by atoms with E-state index in [9.17, 15) is 4.39 Å². The maximum atomic E-state index is 14.0. The minimum absolute atomic E-state index is 0.241. The molecule has 0 saturated carbocycles. The van der Waals surface area contributed by atoms with Crippen LogP contribution in [-0.2, 0) is 5.41 Å². The zero-order chi connectivity index (χ0) is 13.9. The molecule has 0 heterocycles. The monoisotopic (exact) mass is 258 g/mol. The Hall–Kier alpha value is -1.71. The number of rotatable bonds is 4. The molecule has 1 atom stereocenters. The molecule has 2 aromatic rings. The first kappa shape index (κ1) is 13.7. The van der Waals surface area contributed by atoms with Gasteiger partial charge in [-0.05, 0) is 11.6 Å². The third kappa shape index (κ3) is 2.67. The molecule has 100 valence electrons. The van der Waals surface area contributed by atoms with Crippen molar-refractivity contribution < 1.29 is 4.39 Å². The summed E-state index contributed by atoms with van der Waals surface area (Å²) in [6.45, 7) is 4.11. The smallest absolute Gasteiger partial charge is 0.128 e. The summed E-state index contributed by atoms with van der Waals surface area (Å²) in [5, 5.41) is 0. The van der Waals surface area contributed by atoms with Gasteiger partial charge in [-0.25, -0.2) is 4.39 Å². The Morgan fingerprint density at radius 3 is 2.16 bits per heavy atom. The third-order valence-electron chi connectivity index (χ3n) is 3.62. The van der Waals surface area contributed by atoms with Gasteiger partial charge in [0, 0.05) is 11.0 Å². The maximum absolute atomic E-state index is 14.0. The van der Waals surface area contributed by atoms with Crippen molar-refractivity contribution in [1.29, 1.82) is 0 Å². The third-order valence-corrected chi connectivity index (χ3v) is 3.62. The number of nitrogens with two attached hydrogens (primary N) is 1. The standard InChI is InChI=1S/C16H19FN2/c1-16(2,12-8-4-3-5-9-12)15(19-18)13-10-6-7-11-14(13)17/h3-11,15,19H,18H2,1-2H3. The number of nitrogens with one attached hydrogen (secondary N) is 1. The van der Waals surface area contributed by atoms with Gasteiger partial charge in [0.25, 0.3) is 0 Å². The Bertz CT molecular complexity index is 537. The van der Waals surface area contributed by atoms with Gasteiger partial charge in [0.05, 0.1) is 6.04 Å². The van der Waals surface area contributed by atoms with Crippen molar-refractivity contribution in [3.63, 3.8) is 0 Å². The van der Waals surface area contributed by atoms with Gasteiger partial charge in [-0.15, -0.1) is 0 Å². The average molecular weight is 258 g/mol. The number of hydrazine groups is 1. The Balaban J connectivity index is 2.45. The summed E-state index contributed by atoms with van der Waals surface area (Å²) in [5.74, 6) is 5.44. The van der Waals surface area contributed by atoms with Gasteiger partial charge in [0.1, 0.15) is 5.82 Å². The molecule has 0 spiro atoms. The Morgan fingerprint density at radius 1 is 1.00 bits per heavy atom. The molecule has 0 saturated heterocycles. The van der Waals surface area contributed by atoms with E-state index in [2.05, 4.69) is 19.3 Å². The lowest BCUT2D eigenvalue weighted by atomic mass is 9.75. The Kier molecular flexibility index (Phi) is 3.98. The summed E-state index contributed by atoms with van der Waals surface area (Å²) in [6.07, 6.45) is 0. The van der Waals surface area contributed by atoms with Gasteiger partial charge in [0.15, 0.2) is 0 Å². The fourth-order valence-corrected chi connectivity index (χ4v) is 2.43. The van der Waals surface area contributed by atoms with Crippen LogP contribution < -0.4 is 11.3 Å². The van der Waals surface area contributed by atoms with Gasteiger partial charge < -0.3 is 0 Å². The molecule has 0 aliphatic heterocycles. The summed E-state index contributed by atoms with van der Waals surface area (Å²) in [6, 6.07) is 16.4. The molecule has 0 aliphatic rings. The highest BCUT2D eigenvalue weighted by Gasteiger charge is 2.33. The lowest BCUT2D eigenvalue weighted by Gasteiger charge is -2.35. The van der Waals surface area contributed by atoms with E-state index in [0.717, 1.165) is 5.56 Å². The molecule has 2 nitrogen and oxygen atoms in total. The van der Waals surface area contributed by atoms with Crippen LogP contribution >= 0.6 is 0 Å². The largest absolute Gasteiger partial charge is 0.271 e. The SMILES string of the molecule is CC(C)(c1ccccc1)C(NN)c1ccccc1F. The zero-order valence-electron chi connectivity index (χ0n) is 11.2. The second kappa shape index (κ2) is 5.51.